The lowest BCUT2D eigenvalue weighted by Crippen LogP contribution is -2.43. The van der Waals surface area contributed by atoms with E-state index in [1.165, 1.54) is 28.6 Å². The van der Waals surface area contributed by atoms with E-state index in [2.05, 4.69) is 40.7 Å². The number of aromatic nitrogens is 1. The Labute approximate surface area is 131 Å². The van der Waals surface area contributed by atoms with Gasteiger partial charge in [0.15, 0.2) is 0 Å². The first-order valence-electron chi connectivity index (χ1n) is 8.38. The van der Waals surface area contributed by atoms with Gasteiger partial charge in [-0.1, -0.05) is 24.3 Å². The molecule has 1 aromatic carbocycles. The molecule has 0 spiro atoms. The SMILES string of the molecule is C=C[C@@H](CO)[C@H]1CCN2CCc3c([nH]c4ccccc34)[C@@H]2C1. The maximum Gasteiger partial charge on any atom is 0.0504 e. The van der Waals surface area contributed by atoms with Crippen molar-refractivity contribution in [3.05, 3.63) is 48.2 Å². The van der Waals surface area contributed by atoms with Crippen LogP contribution in [0, 0.1) is 11.8 Å². The van der Waals surface area contributed by atoms with Crippen molar-refractivity contribution in [1.29, 1.82) is 0 Å². The number of H-pyrrole nitrogens is 1. The van der Waals surface area contributed by atoms with Crippen molar-refractivity contribution in [2.24, 2.45) is 11.8 Å². The highest BCUT2D eigenvalue weighted by Crippen LogP contribution is 2.42. The normalized spacial score (nSPS) is 26.4. The second kappa shape index (κ2) is 5.56. The Bertz CT molecular complexity index is 690. The molecule has 22 heavy (non-hydrogen) atoms. The molecule has 3 heterocycles. The van der Waals surface area contributed by atoms with E-state index in [4.69, 9.17) is 0 Å². The summed E-state index contributed by atoms with van der Waals surface area (Å²) in [6, 6.07) is 9.13. The summed E-state index contributed by atoms with van der Waals surface area (Å²) in [7, 11) is 0. The van der Waals surface area contributed by atoms with Crippen LogP contribution in [-0.2, 0) is 6.42 Å². The minimum absolute atomic E-state index is 0.223. The topological polar surface area (TPSA) is 39.3 Å². The van der Waals surface area contributed by atoms with Crippen LogP contribution in [0.3, 0.4) is 0 Å². The van der Waals surface area contributed by atoms with Gasteiger partial charge >= 0.3 is 0 Å². The summed E-state index contributed by atoms with van der Waals surface area (Å²) in [5.41, 5.74) is 4.19. The van der Waals surface area contributed by atoms with Crippen molar-refractivity contribution in [2.45, 2.75) is 25.3 Å². The molecule has 116 valence electrons. The van der Waals surface area contributed by atoms with E-state index in [1.807, 2.05) is 6.08 Å². The standard InChI is InChI=1S/C19H24N2O/c1-2-13(12-22)14-7-9-21-10-8-16-15-5-3-4-6-17(15)20-19(16)18(21)11-14/h2-6,13-14,18,20,22H,1,7-12H2/t13-,14-,18-/m0/s1. The number of aliphatic hydroxyl groups is 1. The average molecular weight is 296 g/mol. The van der Waals surface area contributed by atoms with Crippen molar-refractivity contribution in [1.82, 2.24) is 9.88 Å². The molecule has 2 aromatic rings. The van der Waals surface area contributed by atoms with Crippen LogP contribution >= 0.6 is 0 Å². The van der Waals surface area contributed by atoms with E-state index in [0.717, 1.165) is 25.9 Å². The molecule has 4 rings (SSSR count). The molecule has 0 amide bonds. The van der Waals surface area contributed by atoms with Crippen molar-refractivity contribution in [3.63, 3.8) is 0 Å². The number of para-hydroxylation sites is 1. The summed E-state index contributed by atoms with van der Waals surface area (Å²) in [5, 5.41) is 11.0. The Morgan fingerprint density at radius 1 is 1.36 bits per heavy atom. The number of hydrogen-bond acceptors (Lipinski definition) is 2. The lowest BCUT2D eigenvalue weighted by Gasteiger charge is -2.43. The molecule has 0 unspecified atom stereocenters. The smallest absolute Gasteiger partial charge is 0.0504 e. The Morgan fingerprint density at radius 3 is 3.05 bits per heavy atom. The molecular weight excluding hydrogens is 272 g/mol. The molecule has 3 heteroatoms. The number of piperidine rings is 1. The van der Waals surface area contributed by atoms with Crippen LogP contribution in [0.15, 0.2) is 36.9 Å². The lowest BCUT2D eigenvalue weighted by atomic mass is 9.78. The summed E-state index contributed by atoms with van der Waals surface area (Å²) in [4.78, 5) is 6.30. The number of rotatable bonds is 3. The molecule has 2 aliphatic heterocycles. The van der Waals surface area contributed by atoms with Crippen molar-refractivity contribution in [3.8, 4) is 0 Å². The zero-order valence-corrected chi connectivity index (χ0v) is 13.0. The minimum atomic E-state index is 0.223. The number of fused-ring (bicyclic) bond motifs is 5. The van der Waals surface area contributed by atoms with Gasteiger partial charge in [-0.15, -0.1) is 6.58 Å². The monoisotopic (exact) mass is 296 g/mol. The maximum atomic E-state index is 9.59. The van der Waals surface area contributed by atoms with Crippen LogP contribution in [0.4, 0.5) is 0 Å². The molecule has 2 aliphatic rings. The van der Waals surface area contributed by atoms with Crippen LogP contribution in [-0.4, -0.2) is 34.7 Å². The largest absolute Gasteiger partial charge is 0.396 e. The maximum absolute atomic E-state index is 9.59. The third kappa shape index (κ3) is 2.11. The Hall–Kier alpha value is -1.58. The molecule has 0 saturated carbocycles. The molecule has 1 aromatic heterocycles. The van der Waals surface area contributed by atoms with E-state index in [-0.39, 0.29) is 12.5 Å². The van der Waals surface area contributed by atoms with Crippen molar-refractivity contribution in [2.75, 3.05) is 19.7 Å². The van der Waals surface area contributed by atoms with E-state index in [0.29, 0.717) is 12.0 Å². The lowest BCUT2D eigenvalue weighted by molar-refractivity contribution is 0.0704. The van der Waals surface area contributed by atoms with E-state index in [1.54, 1.807) is 0 Å². The summed E-state index contributed by atoms with van der Waals surface area (Å²) in [5.74, 6) is 0.776. The van der Waals surface area contributed by atoms with Gasteiger partial charge < -0.3 is 10.1 Å². The second-order valence-corrected chi connectivity index (χ2v) is 6.73. The molecule has 1 fully saturated rings. The fraction of sp³-hybridized carbons (Fsp3) is 0.474. The van der Waals surface area contributed by atoms with Crippen LogP contribution < -0.4 is 0 Å². The van der Waals surface area contributed by atoms with Gasteiger partial charge in [-0.25, -0.2) is 0 Å². The first-order chi connectivity index (χ1) is 10.8. The average Bonchev–Trinajstić information content (AvgIpc) is 2.95. The zero-order valence-electron chi connectivity index (χ0n) is 13.0. The van der Waals surface area contributed by atoms with Gasteiger partial charge in [0.05, 0.1) is 6.04 Å². The highest BCUT2D eigenvalue weighted by Gasteiger charge is 2.37. The van der Waals surface area contributed by atoms with Gasteiger partial charge in [-0.3, -0.25) is 4.90 Å². The molecular formula is C19H24N2O. The number of hydrogen-bond donors (Lipinski definition) is 2. The summed E-state index contributed by atoms with van der Waals surface area (Å²) in [6.07, 6.45) is 5.38. The van der Waals surface area contributed by atoms with E-state index in [9.17, 15) is 5.11 Å². The van der Waals surface area contributed by atoms with Gasteiger partial charge in [-0.05, 0) is 43.4 Å². The van der Waals surface area contributed by atoms with Gasteiger partial charge in [0.2, 0.25) is 0 Å². The van der Waals surface area contributed by atoms with Gasteiger partial charge in [-0.2, -0.15) is 0 Å². The molecule has 0 aliphatic carbocycles. The highest BCUT2D eigenvalue weighted by atomic mass is 16.3. The quantitative estimate of drug-likeness (QED) is 0.853. The first-order valence-corrected chi connectivity index (χ1v) is 8.38. The fourth-order valence-electron chi connectivity index (χ4n) is 4.44. The summed E-state index contributed by atoms with van der Waals surface area (Å²) in [6.45, 7) is 6.42. The summed E-state index contributed by atoms with van der Waals surface area (Å²) < 4.78 is 0. The molecule has 0 radical (unpaired) electrons. The van der Waals surface area contributed by atoms with Crippen molar-refractivity contribution >= 4 is 10.9 Å². The molecule has 0 bridgehead atoms. The third-order valence-electron chi connectivity index (χ3n) is 5.70. The Balaban J connectivity index is 1.70. The highest BCUT2D eigenvalue weighted by molar-refractivity contribution is 5.85. The van der Waals surface area contributed by atoms with Crippen LogP contribution in [0.25, 0.3) is 10.9 Å². The second-order valence-electron chi connectivity index (χ2n) is 6.73. The molecule has 1 saturated heterocycles. The van der Waals surface area contributed by atoms with Gasteiger partial charge in [0.1, 0.15) is 0 Å². The zero-order chi connectivity index (χ0) is 15.1. The first kappa shape index (κ1) is 14.0. The van der Waals surface area contributed by atoms with E-state index < -0.39 is 0 Å². The number of nitrogens with zero attached hydrogens (tertiary/aromatic N) is 1. The van der Waals surface area contributed by atoms with Gasteiger partial charge in [0.25, 0.3) is 0 Å². The Kier molecular flexibility index (Phi) is 3.55. The molecule has 3 atom stereocenters. The molecule has 3 nitrogen and oxygen atoms in total. The van der Waals surface area contributed by atoms with Gasteiger partial charge in [0, 0.05) is 35.7 Å². The number of aliphatic hydroxyl groups excluding tert-OH is 1. The van der Waals surface area contributed by atoms with Crippen LogP contribution in [0.5, 0.6) is 0 Å². The molecule has 2 N–H and O–H groups in total. The summed E-state index contributed by atoms with van der Waals surface area (Å²) >= 11 is 0. The van der Waals surface area contributed by atoms with E-state index >= 15 is 0 Å². The Morgan fingerprint density at radius 2 is 2.23 bits per heavy atom. The predicted octanol–water partition coefficient (Wildman–Crippen LogP) is 3.27. The van der Waals surface area contributed by atoms with Crippen molar-refractivity contribution < 1.29 is 5.11 Å². The number of nitrogens with one attached hydrogen (secondary N) is 1. The third-order valence-corrected chi connectivity index (χ3v) is 5.70. The predicted molar refractivity (Wildman–Crippen MR) is 89.8 cm³/mol. The number of benzene rings is 1. The van der Waals surface area contributed by atoms with Crippen LogP contribution in [0.2, 0.25) is 0 Å². The number of aromatic amines is 1. The minimum Gasteiger partial charge on any atom is -0.396 e. The van der Waals surface area contributed by atoms with Crippen LogP contribution in [0.1, 0.15) is 30.1 Å². The fourth-order valence-corrected chi connectivity index (χ4v) is 4.44.